The average molecular weight is 194 g/mol. The van der Waals surface area contributed by atoms with Gasteiger partial charge in [-0.25, -0.2) is 0 Å². The molecule has 0 aromatic carbocycles. The molecule has 0 heteroatoms. The Morgan fingerprint density at radius 1 is 1.29 bits per heavy atom. The second kappa shape index (κ2) is 3.54. The van der Waals surface area contributed by atoms with Crippen LogP contribution < -0.4 is 0 Å². The zero-order chi connectivity index (χ0) is 10.3. The van der Waals surface area contributed by atoms with Crippen LogP contribution in [0.3, 0.4) is 0 Å². The zero-order valence-corrected chi connectivity index (χ0v) is 10.3. The molecule has 82 valence electrons. The summed E-state index contributed by atoms with van der Waals surface area (Å²) in [4.78, 5) is 0. The largest absolute Gasteiger partial charge is 0.0654 e. The number of hydrogen-bond donors (Lipinski definition) is 0. The first kappa shape index (κ1) is 10.5. The molecule has 0 aromatic rings. The third kappa shape index (κ3) is 1.51. The minimum Gasteiger partial charge on any atom is -0.0654 e. The van der Waals surface area contributed by atoms with Crippen molar-refractivity contribution in [3.05, 3.63) is 0 Å². The van der Waals surface area contributed by atoms with Crippen LogP contribution in [-0.2, 0) is 0 Å². The van der Waals surface area contributed by atoms with E-state index < -0.39 is 0 Å². The van der Waals surface area contributed by atoms with Crippen LogP contribution in [0.5, 0.6) is 0 Å². The lowest BCUT2D eigenvalue weighted by atomic mass is 10.0. The minimum absolute atomic E-state index is 0.880. The molecule has 1 spiro atoms. The van der Waals surface area contributed by atoms with Gasteiger partial charge in [-0.3, -0.25) is 0 Å². The van der Waals surface area contributed by atoms with Crippen molar-refractivity contribution in [2.75, 3.05) is 0 Å². The van der Waals surface area contributed by atoms with E-state index in [1.165, 1.54) is 25.7 Å². The molecule has 14 heavy (non-hydrogen) atoms. The van der Waals surface area contributed by atoms with Gasteiger partial charge in [0.2, 0.25) is 0 Å². The van der Waals surface area contributed by atoms with E-state index >= 15 is 0 Å². The standard InChI is InChI=1S/C14H26/c1-5-6-12-9-14(12)11(4)13(14)8-7-10(2)3/h10-13H,5-9H2,1-4H3. The van der Waals surface area contributed by atoms with Gasteiger partial charge in [-0.1, -0.05) is 47.0 Å². The van der Waals surface area contributed by atoms with Crippen LogP contribution in [0.1, 0.15) is 59.8 Å². The van der Waals surface area contributed by atoms with Gasteiger partial charge in [-0.15, -0.1) is 0 Å². The lowest BCUT2D eigenvalue weighted by Crippen LogP contribution is -1.91. The molecule has 0 bridgehead atoms. The molecule has 0 heterocycles. The summed E-state index contributed by atoms with van der Waals surface area (Å²) in [7, 11) is 0. The van der Waals surface area contributed by atoms with E-state index in [1.807, 2.05) is 0 Å². The molecule has 0 radical (unpaired) electrons. The zero-order valence-electron chi connectivity index (χ0n) is 10.3. The number of rotatable bonds is 5. The summed E-state index contributed by atoms with van der Waals surface area (Å²) >= 11 is 0. The maximum atomic E-state index is 2.50. The highest BCUT2D eigenvalue weighted by molar-refractivity contribution is 5.22. The first-order valence-electron chi connectivity index (χ1n) is 6.63. The Morgan fingerprint density at radius 3 is 2.57 bits per heavy atom. The monoisotopic (exact) mass is 194 g/mol. The van der Waals surface area contributed by atoms with Gasteiger partial charge in [0.25, 0.3) is 0 Å². The van der Waals surface area contributed by atoms with Gasteiger partial charge in [-0.05, 0) is 41.9 Å². The molecule has 2 fully saturated rings. The number of hydrogen-bond acceptors (Lipinski definition) is 0. The van der Waals surface area contributed by atoms with Gasteiger partial charge >= 0.3 is 0 Å². The van der Waals surface area contributed by atoms with E-state index in [0.717, 1.165) is 29.1 Å². The molecular formula is C14H26. The van der Waals surface area contributed by atoms with Gasteiger partial charge in [0.05, 0.1) is 0 Å². The van der Waals surface area contributed by atoms with Crippen molar-refractivity contribution in [1.29, 1.82) is 0 Å². The molecule has 4 unspecified atom stereocenters. The van der Waals surface area contributed by atoms with Crippen molar-refractivity contribution in [2.45, 2.75) is 59.8 Å². The SMILES string of the molecule is CCCC1CC12C(C)C2CCC(C)C. The summed E-state index contributed by atoms with van der Waals surface area (Å²) in [5.74, 6) is 4.21. The molecule has 2 aliphatic carbocycles. The molecule has 0 amide bonds. The summed E-state index contributed by atoms with van der Waals surface area (Å²) in [5, 5.41) is 0. The third-order valence-corrected chi connectivity index (χ3v) is 4.92. The van der Waals surface area contributed by atoms with Crippen molar-refractivity contribution in [3.8, 4) is 0 Å². The van der Waals surface area contributed by atoms with Gasteiger partial charge in [0.1, 0.15) is 0 Å². The van der Waals surface area contributed by atoms with Gasteiger partial charge in [-0.2, -0.15) is 0 Å². The second-order valence-corrected chi connectivity index (χ2v) is 6.17. The topological polar surface area (TPSA) is 0 Å². The Morgan fingerprint density at radius 2 is 2.00 bits per heavy atom. The lowest BCUT2D eigenvalue weighted by Gasteiger charge is -2.03. The van der Waals surface area contributed by atoms with Crippen molar-refractivity contribution in [1.82, 2.24) is 0 Å². The van der Waals surface area contributed by atoms with Crippen LogP contribution in [0.25, 0.3) is 0 Å². The molecule has 2 saturated carbocycles. The van der Waals surface area contributed by atoms with Crippen LogP contribution in [0.4, 0.5) is 0 Å². The van der Waals surface area contributed by atoms with E-state index in [1.54, 1.807) is 6.42 Å². The highest BCUT2D eigenvalue weighted by Crippen LogP contribution is 2.80. The van der Waals surface area contributed by atoms with E-state index in [9.17, 15) is 0 Å². The van der Waals surface area contributed by atoms with Crippen LogP contribution in [0.15, 0.2) is 0 Å². The van der Waals surface area contributed by atoms with E-state index in [0.29, 0.717) is 0 Å². The second-order valence-electron chi connectivity index (χ2n) is 6.17. The fraction of sp³-hybridized carbons (Fsp3) is 1.00. The Hall–Kier alpha value is 0. The maximum absolute atomic E-state index is 2.50. The Kier molecular flexibility index (Phi) is 2.66. The Balaban J connectivity index is 1.77. The Bertz CT molecular complexity index is 206. The Labute approximate surface area is 89.5 Å². The molecule has 0 aromatic heterocycles. The summed E-state index contributed by atoms with van der Waals surface area (Å²) in [6.07, 6.45) is 7.44. The highest BCUT2D eigenvalue weighted by Gasteiger charge is 2.74. The van der Waals surface area contributed by atoms with Crippen molar-refractivity contribution in [2.24, 2.45) is 29.1 Å². The van der Waals surface area contributed by atoms with E-state index in [4.69, 9.17) is 0 Å². The molecule has 2 aliphatic rings. The minimum atomic E-state index is 0.880. The summed E-state index contributed by atoms with van der Waals surface area (Å²) < 4.78 is 0. The smallest absolute Gasteiger partial charge is 0.0207 e. The van der Waals surface area contributed by atoms with Crippen molar-refractivity contribution < 1.29 is 0 Å². The quantitative estimate of drug-likeness (QED) is 0.604. The first-order valence-corrected chi connectivity index (χ1v) is 6.63. The normalized spacial score (nSPS) is 44.8. The maximum Gasteiger partial charge on any atom is -0.0207 e. The van der Waals surface area contributed by atoms with Crippen LogP contribution in [-0.4, -0.2) is 0 Å². The third-order valence-electron chi connectivity index (χ3n) is 4.92. The fourth-order valence-corrected chi connectivity index (χ4v) is 3.89. The summed E-state index contributed by atoms with van der Waals surface area (Å²) in [6, 6.07) is 0. The van der Waals surface area contributed by atoms with Gasteiger partial charge < -0.3 is 0 Å². The first-order chi connectivity index (χ1) is 6.63. The average Bonchev–Trinajstić information content (AvgIpc) is 2.93. The van der Waals surface area contributed by atoms with Crippen molar-refractivity contribution in [3.63, 3.8) is 0 Å². The van der Waals surface area contributed by atoms with Crippen molar-refractivity contribution >= 4 is 0 Å². The molecule has 0 N–H and O–H groups in total. The molecule has 0 saturated heterocycles. The molecule has 2 rings (SSSR count). The predicted molar refractivity (Wildman–Crippen MR) is 62.2 cm³/mol. The molecule has 4 atom stereocenters. The lowest BCUT2D eigenvalue weighted by molar-refractivity contribution is 0.488. The van der Waals surface area contributed by atoms with Crippen LogP contribution >= 0.6 is 0 Å². The fourth-order valence-electron chi connectivity index (χ4n) is 3.89. The molecule has 0 aliphatic heterocycles. The van der Waals surface area contributed by atoms with Crippen LogP contribution in [0.2, 0.25) is 0 Å². The van der Waals surface area contributed by atoms with E-state index in [2.05, 4.69) is 27.7 Å². The highest BCUT2D eigenvalue weighted by atomic mass is 14.8. The van der Waals surface area contributed by atoms with Crippen LogP contribution in [0, 0.1) is 29.1 Å². The molecular weight excluding hydrogens is 168 g/mol. The van der Waals surface area contributed by atoms with Gasteiger partial charge in [0, 0.05) is 0 Å². The predicted octanol–water partition coefficient (Wildman–Crippen LogP) is 4.49. The van der Waals surface area contributed by atoms with Gasteiger partial charge in [0.15, 0.2) is 0 Å². The summed E-state index contributed by atoms with van der Waals surface area (Å²) in [6.45, 7) is 9.55. The van der Waals surface area contributed by atoms with E-state index in [-0.39, 0.29) is 0 Å². The summed E-state index contributed by atoms with van der Waals surface area (Å²) in [5.41, 5.74) is 0.880. The molecule has 0 nitrogen and oxygen atoms in total.